The van der Waals surface area contributed by atoms with Crippen LogP contribution in [-0.4, -0.2) is 23.9 Å². The molecule has 1 aromatic rings. The number of carbonyl (C=O) groups is 1. The van der Waals surface area contributed by atoms with Crippen molar-refractivity contribution in [2.75, 3.05) is 7.05 Å². The molecular formula is C17H24BrNO. The molecule has 1 aliphatic carbocycles. The number of rotatable bonds is 3. The van der Waals surface area contributed by atoms with Crippen molar-refractivity contribution in [2.24, 2.45) is 5.92 Å². The lowest BCUT2D eigenvalue weighted by molar-refractivity contribution is 0.0674. The third kappa shape index (κ3) is 3.25. The molecule has 1 amide bonds. The van der Waals surface area contributed by atoms with E-state index in [1.807, 2.05) is 37.1 Å². The summed E-state index contributed by atoms with van der Waals surface area (Å²) in [5.74, 6) is 1.02. The molecular weight excluding hydrogens is 314 g/mol. The first kappa shape index (κ1) is 15.6. The van der Waals surface area contributed by atoms with Crippen molar-refractivity contribution in [1.82, 2.24) is 4.90 Å². The average Bonchev–Trinajstić information content (AvgIpc) is 2.48. The molecule has 110 valence electrons. The van der Waals surface area contributed by atoms with Crippen molar-refractivity contribution in [2.45, 2.75) is 52.0 Å². The quantitative estimate of drug-likeness (QED) is 0.775. The molecule has 20 heavy (non-hydrogen) atoms. The molecule has 0 aromatic heterocycles. The normalized spacial score (nSPS) is 22.6. The van der Waals surface area contributed by atoms with Crippen LogP contribution in [0.25, 0.3) is 0 Å². The van der Waals surface area contributed by atoms with Crippen molar-refractivity contribution in [3.63, 3.8) is 0 Å². The highest BCUT2D eigenvalue weighted by Crippen LogP contribution is 2.30. The fraction of sp³-hybridized carbons (Fsp3) is 0.588. The molecule has 0 saturated heterocycles. The van der Waals surface area contributed by atoms with Gasteiger partial charge in [-0.15, -0.1) is 0 Å². The second-order valence-electron chi connectivity index (χ2n) is 5.91. The Balaban J connectivity index is 2.07. The molecule has 1 fully saturated rings. The lowest BCUT2D eigenvalue weighted by atomic mass is 9.84. The van der Waals surface area contributed by atoms with E-state index in [2.05, 4.69) is 22.9 Å². The molecule has 3 heteroatoms. The fourth-order valence-corrected chi connectivity index (χ4v) is 3.50. The predicted octanol–water partition coefficient (Wildman–Crippen LogP) is 4.80. The maximum atomic E-state index is 12.7. The summed E-state index contributed by atoms with van der Waals surface area (Å²) >= 11 is 3.51. The van der Waals surface area contributed by atoms with Crippen LogP contribution >= 0.6 is 15.9 Å². The Bertz CT molecular complexity index is 478. The Kier molecular flexibility index (Phi) is 5.25. The lowest BCUT2D eigenvalue weighted by Gasteiger charge is -2.34. The van der Waals surface area contributed by atoms with Gasteiger partial charge in [0.2, 0.25) is 0 Å². The highest BCUT2D eigenvalue weighted by Gasteiger charge is 2.27. The Labute approximate surface area is 130 Å². The van der Waals surface area contributed by atoms with E-state index >= 15 is 0 Å². The molecule has 0 N–H and O–H groups in total. The van der Waals surface area contributed by atoms with Crippen molar-refractivity contribution in [1.29, 1.82) is 0 Å². The Morgan fingerprint density at radius 1 is 1.30 bits per heavy atom. The lowest BCUT2D eigenvalue weighted by Crippen LogP contribution is -2.39. The predicted molar refractivity (Wildman–Crippen MR) is 87.0 cm³/mol. The number of hydrogen-bond acceptors (Lipinski definition) is 1. The van der Waals surface area contributed by atoms with Gasteiger partial charge < -0.3 is 4.90 Å². The Morgan fingerprint density at radius 3 is 2.55 bits per heavy atom. The third-order valence-electron chi connectivity index (χ3n) is 4.76. The Morgan fingerprint density at radius 2 is 1.95 bits per heavy atom. The minimum atomic E-state index is 0.156. The maximum absolute atomic E-state index is 12.7. The zero-order valence-electron chi connectivity index (χ0n) is 12.7. The minimum Gasteiger partial charge on any atom is -0.339 e. The fourth-order valence-electron chi connectivity index (χ4n) is 3.14. The smallest absolute Gasteiger partial charge is 0.254 e. The first-order valence-electron chi connectivity index (χ1n) is 7.56. The highest BCUT2D eigenvalue weighted by molar-refractivity contribution is 9.10. The van der Waals surface area contributed by atoms with E-state index in [0.29, 0.717) is 6.04 Å². The molecule has 1 aliphatic rings. The van der Waals surface area contributed by atoms with E-state index in [4.69, 9.17) is 0 Å². The number of halogens is 1. The van der Waals surface area contributed by atoms with Gasteiger partial charge in [0.1, 0.15) is 0 Å². The van der Waals surface area contributed by atoms with Crippen molar-refractivity contribution >= 4 is 21.8 Å². The van der Waals surface area contributed by atoms with Gasteiger partial charge >= 0.3 is 0 Å². The van der Waals surface area contributed by atoms with E-state index in [1.165, 1.54) is 19.3 Å². The maximum Gasteiger partial charge on any atom is 0.254 e. The molecule has 0 spiro atoms. The van der Waals surface area contributed by atoms with E-state index in [0.717, 1.165) is 34.4 Å². The van der Waals surface area contributed by atoms with E-state index in [1.54, 1.807) is 0 Å². The second kappa shape index (κ2) is 6.75. The summed E-state index contributed by atoms with van der Waals surface area (Å²) in [6.45, 7) is 4.27. The molecule has 1 aromatic carbocycles. The average molecular weight is 338 g/mol. The first-order chi connectivity index (χ1) is 9.54. The molecule has 2 rings (SSSR count). The van der Waals surface area contributed by atoms with Gasteiger partial charge in [-0.2, -0.15) is 0 Å². The number of amides is 1. The topological polar surface area (TPSA) is 20.3 Å². The van der Waals surface area contributed by atoms with Gasteiger partial charge in [-0.1, -0.05) is 35.3 Å². The van der Waals surface area contributed by atoms with Crippen LogP contribution in [0.4, 0.5) is 0 Å². The second-order valence-corrected chi connectivity index (χ2v) is 6.77. The van der Waals surface area contributed by atoms with Crippen LogP contribution in [0, 0.1) is 12.8 Å². The molecule has 1 saturated carbocycles. The number of benzene rings is 1. The van der Waals surface area contributed by atoms with Crippen molar-refractivity contribution < 1.29 is 4.79 Å². The highest BCUT2D eigenvalue weighted by atomic mass is 79.9. The molecule has 0 aliphatic heterocycles. The van der Waals surface area contributed by atoms with Gasteiger partial charge in [0, 0.05) is 23.1 Å². The largest absolute Gasteiger partial charge is 0.339 e. The van der Waals surface area contributed by atoms with Crippen LogP contribution < -0.4 is 0 Å². The van der Waals surface area contributed by atoms with Crippen molar-refractivity contribution in [3.8, 4) is 0 Å². The molecule has 0 atom stereocenters. The van der Waals surface area contributed by atoms with Crippen LogP contribution in [0.3, 0.4) is 0 Å². The van der Waals surface area contributed by atoms with Gasteiger partial charge in [0.15, 0.2) is 0 Å². The molecule has 2 nitrogen and oxygen atoms in total. The van der Waals surface area contributed by atoms with E-state index in [9.17, 15) is 4.79 Å². The van der Waals surface area contributed by atoms with Gasteiger partial charge in [-0.25, -0.2) is 0 Å². The van der Waals surface area contributed by atoms with E-state index < -0.39 is 0 Å². The Hall–Kier alpha value is -0.830. The van der Waals surface area contributed by atoms with Crippen LogP contribution in [0.1, 0.15) is 54.9 Å². The monoisotopic (exact) mass is 337 g/mol. The van der Waals surface area contributed by atoms with Gasteiger partial charge in [0.25, 0.3) is 5.91 Å². The van der Waals surface area contributed by atoms with Gasteiger partial charge in [0.05, 0.1) is 0 Å². The summed E-state index contributed by atoms with van der Waals surface area (Å²) in [5.41, 5.74) is 1.85. The summed E-state index contributed by atoms with van der Waals surface area (Å²) in [6, 6.07) is 6.25. The summed E-state index contributed by atoms with van der Waals surface area (Å²) in [4.78, 5) is 14.6. The third-order valence-corrected chi connectivity index (χ3v) is 5.62. The molecule has 0 bridgehead atoms. The van der Waals surface area contributed by atoms with E-state index in [-0.39, 0.29) is 5.91 Å². The SMILES string of the molecule is CCC1CCC(N(C)C(=O)c2cccc(Br)c2C)CC1. The number of carbonyl (C=O) groups excluding carboxylic acids is 1. The zero-order chi connectivity index (χ0) is 14.7. The van der Waals surface area contributed by atoms with Crippen LogP contribution in [0.5, 0.6) is 0 Å². The van der Waals surface area contributed by atoms with Crippen LogP contribution in [0.2, 0.25) is 0 Å². The number of nitrogens with zero attached hydrogens (tertiary/aromatic N) is 1. The van der Waals surface area contributed by atoms with Crippen LogP contribution in [0.15, 0.2) is 22.7 Å². The van der Waals surface area contributed by atoms with Crippen molar-refractivity contribution in [3.05, 3.63) is 33.8 Å². The minimum absolute atomic E-state index is 0.156. The molecule has 0 radical (unpaired) electrons. The summed E-state index contributed by atoms with van der Waals surface area (Å²) in [6.07, 6.45) is 6.09. The molecule has 0 heterocycles. The zero-order valence-corrected chi connectivity index (χ0v) is 14.2. The first-order valence-corrected chi connectivity index (χ1v) is 8.36. The summed E-state index contributed by atoms with van der Waals surface area (Å²) in [7, 11) is 1.96. The molecule has 0 unspecified atom stereocenters. The summed E-state index contributed by atoms with van der Waals surface area (Å²) < 4.78 is 1.01. The van der Waals surface area contributed by atoms with Crippen LogP contribution in [-0.2, 0) is 0 Å². The number of hydrogen-bond donors (Lipinski definition) is 0. The standard InChI is InChI=1S/C17H24BrNO/c1-4-13-8-10-14(11-9-13)19(3)17(20)15-6-5-7-16(18)12(15)2/h5-7,13-14H,4,8-11H2,1-3H3. The van der Waals surface area contributed by atoms with Gasteiger partial charge in [-0.3, -0.25) is 4.79 Å². The van der Waals surface area contributed by atoms with Gasteiger partial charge in [-0.05, 0) is 56.2 Å². The summed E-state index contributed by atoms with van der Waals surface area (Å²) in [5, 5.41) is 0.